The fourth-order valence-corrected chi connectivity index (χ4v) is 6.70. The van der Waals surface area contributed by atoms with E-state index in [-0.39, 0.29) is 0 Å². The summed E-state index contributed by atoms with van der Waals surface area (Å²) in [6.07, 6.45) is 3.70. The molecule has 9 rings (SSSR count). The number of hydrogen-bond donors (Lipinski definition) is 0. The van der Waals surface area contributed by atoms with Gasteiger partial charge >= 0.3 is 0 Å². The second-order valence-corrected chi connectivity index (χ2v) is 11.5. The molecule has 0 spiro atoms. The van der Waals surface area contributed by atoms with Crippen LogP contribution in [-0.2, 0) is 0 Å². The fraction of sp³-hybridized carbons (Fsp3) is 0. The topological polar surface area (TPSA) is 59.4 Å². The summed E-state index contributed by atoms with van der Waals surface area (Å²) >= 11 is 0. The lowest BCUT2D eigenvalue weighted by molar-refractivity contribution is 0.990. The Kier molecular flexibility index (Phi) is 5.81. The molecule has 3 aromatic heterocycles. The smallest absolute Gasteiger partial charge is 0.234 e. The van der Waals surface area contributed by atoms with Crippen LogP contribution in [0.15, 0.2) is 152 Å². The summed E-state index contributed by atoms with van der Waals surface area (Å²) in [5, 5.41) is 13.9. The molecule has 0 atom stereocenters. The van der Waals surface area contributed by atoms with E-state index < -0.39 is 0 Å². The third kappa shape index (κ3) is 4.02. The molecule has 0 aliphatic heterocycles. The van der Waals surface area contributed by atoms with Crippen molar-refractivity contribution in [2.24, 2.45) is 0 Å². The third-order valence-corrected chi connectivity index (χ3v) is 8.88. The highest BCUT2D eigenvalue weighted by Gasteiger charge is 2.17. The predicted octanol–water partition coefficient (Wildman–Crippen LogP) is 9.88. The number of benzene rings is 6. The Bertz CT molecular complexity index is 2620. The molecule has 5 nitrogen and oxygen atoms in total. The monoisotopic (exact) mass is 587 g/mol. The Morgan fingerprint density at radius 2 is 1.00 bits per heavy atom. The number of para-hydroxylation sites is 3. The standard InChI is InChI=1S/C41H25N5/c42-24-27-14-16-28(17-15-27)31-25-43-41(44-26-31)46-38-13-7-4-10-33(38)35-20-18-30(23-40(35)46)29-19-21-39-36(22-29)34-11-5-6-12-37(34)45(39)32-8-2-1-3-9-32/h1-23,25-26H. The molecule has 0 aliphatic rings. The number of nitrogens with zero attached hydrogens (tertiary/aromatic N) is 5. The summed E-state index contributed by atoms with van der Waals surface area (Å²) in [6, 6.07) is 50.7. The molecule has 0 radical (unpaired) electrons. The molecule has 0 saturated carbocycles. The summed E-state index contributed by atoms with van der Waals surface area (Å²) < 4.78 is 4.49. The molecule has 0 aliphatic carbocycles. The summed E-state index contributed by atoms with van der Waals surface area (Å²) in [5.74, 6) is 0.613. The van der Waals surface area contributed by atoms with Crippen molar-refractivity contribution in [1.29, 1.82) is 5.26 Å². The van der Waals surface area contributed by atoms with Crippen molar-refractivity contribution in [3.05, 3.63) is 157 Å². The summed E-state index contributed by atoms with van der Waals surface area (Å²) in [4.78, 5) is 9.67. The predicted molar refractivity (Wildman–Crippen MR) is 186 cm³/mol. The van der Waals surface area contributed by atoms with Gasteiger partial charge in [0, 0.05) is 45.2 Å². The minimum Gasteiger partial charge on any atom is -0.309 e. The van der Waals surface area contributed by atoms with Gasteiger partial charge in [0.05, 0.1) is 33.7 Å². The van der Waals surface area contributed by atoms with Crippen molar-refractivity contribution >= 4 is 43.6 Å². The average Bonchev–Trinajstić information content (AvgIpc) is 3.64. The maximum Gasteiger partial charge on any atom is 0.234 e. The lowest BCUT2D eigenvalue weighted by Crippen LogP contribution is -2.00. The van der Waals surface area contributed by atoms with Crippen LogP contribution in [0.1, 0.15) is 5.56 Å². The van der Waals surface area contributed by atoms with Crippen LogP contribution in [-0.4, -0.2) is 19.1 Å². The molecule has 5 heteroatoms. The molecule has 46 heavy (non-hydrogen) atoms. The maximum absolute atomic E-state index is 9.16. The number of rotatable bonds is 4. The van der Waals surface area contributed by atoms with E-state index in [4.69, 9.17) is 15.2 Å². The Balaban J connectivity index is 1.20. The zero-order chi connectivity index (χ0) is 30.6. The van der Waals surface area contributed by atoms with Crippen LogP contribution in [0.25, 0.3) is 77.5 Å². The van der Waals surface area contributed by atoms with Gasteiger partial charge in [0.15, 0.2) is 0 Å². The maximum atomic E-state index is 9.16. The van der Waals surface area contributed by atoms with Gasteiger partial charge in [-0.1, -0.05) is 84.9 Å². The molecule has 0 fully saturated rings. The van der Waals surface area contributed by atoms with Gasteiger partial charge in [-0.25, -0.2) is 9.97 Å². The molecule has 0 bridgehead atoms. The average molecular weight is 588 g/mol. The SMILES string of the molecule is N#Cc1ccc(-c2cnc(-n3c4ccccc4c4ccc(-c5ccc6c(c5)c5ccccc5n6-c5ccccc5)cc43)nc2)cc1. The third-order valence-electron chi connectivity index (χ3n) is 8.88. The second kappa shape index (κ2) is 10.3. The molecule has 0 amide bonds. The van der Waals surface area contributed by atoms with Crippen molar-refractivity contribution in [2.45, 2.75) is 0 Å². The van der Waals surface area contributed by atoms with Crippen molar-refractivity contribution in [3.63, 3.8) is 0 Å². The summed E-state index contributed by atoms with van der Waals surface area (Å²) in [7, 11) is 0. The van der Waals surface area contributed by atoms with Crippen LogP contribution in [0.2, 0.25) is 0 Å². The van der Waals surface area contributed by atoms with Gasteiger partial charge in [-0.05, 0) is 71.3 Å². The highest BCUT2D eigenvalue weighted by molar-refractivity contribution is 6.12. The van der Waals surface area contributed by atoms with E-state index in [1.54, 1.807) is 0 Å². The molecule has 6 aromatic carbocycles. The van der Waals surface area contributed by atoms with E-state index in [1.807, 2.05) is 36.7 Å². The van der Waals surface area contributed by atoms with E-state index in [2.05, 4.69) is 130 Å². The fourth-order valence-electron chi connectivity index (χ4n) is 6.70. The highest BCUT2D eigenvalue weighted by atomic mass is 15.1. The lowest BCUT2D eigenvalue weighted by atomic mass is 10.0. The van der Waals surface area contributed by atoms with Crippen LogP contribution in [0.4, 0.5) is 0 Å². The molecule has 3 heterocycles. The van der Waals surface area contributed by atoms with Gasteiger partial charge in [-0.15, -0.1) is 0 Å². The van der Waals surface area contributed by atoms with Crippen LogP contribution in [0.3, 0.4) is 0 Å². The quantitative estimate of drug-likeness (QED) is 0.206. The first-order valence-electron chi connectivity index (χ1n) is 15.2. The molecule has 214 valence electrons. The van der Waals surface area contributed by atoms with Crippen molar-refractivity contribution in [2.75, 3.05) is 0 Å². The van der Waals surface area contributed by atoms with E-state index in [0.717, 1.165) is 49.7 Å². The zero-order valence-electron chi connectivity index (χ0n) is 24.7. The normalized spacial score (nSPS) is 11.5. The molecular weight excluding hydrogens is 562 g/mol. The molecule has 0 unspecified atom stereocenters. The first-order valence-corrected chi connectivity index (χ1v) is 15.2. The van der Waals surface area contributed by atoms with Crippen LogP contribution in [0, 0.1) is 11.3 Å². The minimum absolute atomic E-state index is 0.613. The largest absolute Gasteiger partial charge is 0.309 e. The Morgan fingerprint density at radius 1 is 0.435 bits per heavy atom. The van der Waals surface area contributed by atoms with Gasteiger partial charge < -0.3 is 4.57 Å². The number of hydrogen-bond acceptors (Lipinski definition) is 3. The Hall–Kier alpha value is -6.51. The first kappa shape index (κ1) is 25.9. The Labute approximate surface area is 264 Å². The van der Waals surface area contributed by atoms with Gasteiger partial charge in [-0.3, -0.25) is 4.57 Å². The van der Waals surface area contributed by atoms with E-state index >= 15 is 0 Å². The molecule has 0 N–H and O–H groups in total. The summed E-state index contributed by atoms with van der Waals surface area (Å²) in [5.41, 5.74) is 10.4. The van der Waals surface area contributed by atoms with E-state index in [1.165, 1.54) is 21.8 Å². The van der Waals surface area contributed by atoms with Gasteiger partial charge in [0.25, 0.3) is 0 Å². The number of fused-ring (bicyclic) bond motifs is 6. The van der Waals surface area contributed by atoms with Crippen LogP contribution >= 0.6 is 0 Å². The second-order valence-electron chi connectivity index (χ2n) is 11.5. The summed E-state index contributed by atoms with van der Waals surface area (Å²) in [6.45, 7) is 0. The van der Waals surface area contributed by atoms with Gasteiger partial charge in [-0.2, -0.15) is 5.26 Å². The highest BCUT2D eigenvalue weighted by Crippen LogP contribution is 2.37. The first-order chi connectivity index (χ1) is 22.8. The van der Waals surface area contributed by atoms with Crippen LogP contribution < -0.4 is 0 Å². The van der Waals surface area contributed by atoms with Crippen molar-refractivity contribution in [3.8, 4) is 40.0 Å². The van der Waals surface area contributed by atoms with Crippen molar-refractivity contribution < 1.29 is 0 Å². The Morgan fingerprint density at radius 3 is 1.74 bits per heavy atom. The molecular formula is C41H25N5. The number of aromatic nitrogens is 4. The lowest BCUT2D eigenvalue weighted by Gasteiger charge is -2.09. The van der Waals surface area contributed by atoms with Crippen LogP contribution in [0.5, 0.6) is 0 Å². The zero-order valence-corrected chi connectivity index (χ0v) is 24.7. The molecule has 0 saturated heterocycles. The minimum atomic E-state index is 0.613. The van der Waals surface area contributed by atoms with Gasteiger partial charge in [0.1, 0.15) is 0 Å². The van der Waals surface area contributed by atoms with E-state index in [0.29, 0.717) is 11.5 Å². The van der Waals surface area contributed by atoms with Gasteiger partial charge in [0.2, 0.25) is 5.95 Å². The molecule has 9 aromatic rings. The number of nitriles is 1. The van der Waals surface area contributed by atoms with Crippen molar-refractivity contribution in [1.82, 2.24) is 19.1 Å². The van der Waals surface area contributed by atoms with E-state index in [9.17, 15) is 0 Å².